The van der Waals surface area contributed by atoms with Gasteiger partial charge in [0.05, 0.1) is 24.1 Å². The monoisotopic (exact) mass is 576 g/mol. The Morgan fingerprint density at radius 2 is 1.95 bits per heavy atom. The molecule has 0 spiro atoms. The summed E-state index contributed by atoms with van der Waals surface area (Å²) < 4.78 is 5.63. The van der Waals surface area contributed by atoms with Gasteiger partial charge in [-0.15, -0.1) is 0 Å². The van der Waals surface area contributed by atoms with Gasteiger partial charge in [-0.25, -0.2) is 0 Å². The number of amides is 1. The molecule has 0 bridgehead atoms. The van der Waals surface area contributed by atoms with Gasteiger partial charge in [0, 0.05) is 23.3 Å². The van der Waals surface area contributed by atoms with Crippen molar-refractivity contribution in [1.82, 2.24) is 4.90 Å². The van der Waals surface area contributed by atoms with E-state index in [9.17, 15) is 14.7 Å². The number of carbonyl (C=O) groups is 2. The lowest BCUT2D eigenvalue weighted by Crippen LogP contribution is -2.51. The molecule has 5 N–H and O–H groups in total. The first-order chi connectivity index (χ1) is 18.2. The first-order valence-electron chi connectivity index (χ1n) is 13.0. The highest BCUT2D eigenvalue weighted by Gasteiger charge is 2.39. The predicted octanol–water partition coefficient (Wildman–Crippen LogP) is 4.76. The van der Waals surface area contributed by atoms with Crippen LogP contribution in [0.5, 0.6) is 0 Å². The highest BCUT2D eigenvalue weighted by atomic mass is 35.5. The van der Waals surface area contributed by atoms with Gasteiger partial charge < -0.3 is 25.8 Å². The van der Waals surface area contributed by atoms with Gasteiger partial charge in [0.15, 0.2) is 0 Å². The van der Waals surface area contributed by atoms with Crippen molar-refractivity contribution in [3.05, 3.63) is 63.2 Å². The molecule has 212 valence electrons. The summed E-state index contributed by atoms with van der Waals surface area (Å²) in [4.78, 5) is 28.3. The van der Waals surface area contributed by atoms with Crippen LogP contribution >= 0.6 is 23.2 Å². The second-order valence-corrected chi connectivity index (χ2v) is 11.6. The average Bonchev–Trinajstić information content (AvgIpc) is 2.86. The van der Waals surface area contributed by atoms with E-state index >= 15 is 0 Å². The molecule has 1 aliphatic heterocycles. The summed E-state index contributed by atoms with van der Waals surface area (Å²) in [5.41, 5.74) is 8.88. The van der Waals surface area contributed by atoms with E-state index in [-0.39, 0.29) is 30.0 Å². The summed E-state index contributed by atoms with van der Waals surface area (Å²) in [6, 6.07) is 7.37. The Bertz CT molecular complexity index is 1260. The summed E-state index contributed by atoms with van der Waals surface area (Å²) in [5, 5.41) is 22.1. The minimum absolute atomic E-state index is 0.0581. The Kier molecular flexibility index (Phi) is 9.70. The molecule has 1 heterocycles. The van der Waals surface area contributed by atoms with Crippen molar-refractivity contribution < 1.29 is 19.4 Å². The standard InChI is InChI=1S/C29H38Cl2N4O4/c1-15(2)26(32)28(37)39-14-17-12-19-18(8-7-9-21(19)29(4,5)38)16(3)35(17)24(36)13-20-22(30)10-11-23(34-6)25(20)27(31)33/h7-11,15-17,26,33-34,38H,12-14,32H2,1-6H3/t16-,17+,26-/m0/s1. The number of nitrogens with two attached hydrogens (primary N) is 1. The van der Waals surface area contributed by atoms with Gasteiger partial charge in [0.1, 0.15) is 17.8 Å². The summed E-state index contributed by atoms with van der Waals surface area (Å²) in [7, 11) is 1.70. The number of benzene rings is 2. The molecule has 3 rings (SSSR count). The van der Waals surface area contributed by atoms with E-state index < -0.39 is 29.7 Å². The number of nitrogens with one attached hydrogen (secondary N) is 2. The number of anilines is 1. The lowest BCUT2D eigenvalue weighted by molar-refractivity contribution is -0.152. The van der Waals surface area contributed by atoms with Crippen molar-refractivity contribution in [2.24, 2.45) is 11.7 Å². The Balaban J connectivity index is 2.05. The summed E-state index contributed by atoms with van der Waals surface area (Å²) >= 11 is 12.6. The molecule has 0 aliphatic carbocycles. The zero-order valence-electron chi connectivity index (χ0n) is 23.3. The minimum atomic E-state index is -1.10. The van der Waals surface area contributed by atoms with Crippen LogP contribution in [0.1, 0.15) is 68.5 Å². The van der Waals surface area contributed by atoms with Crippen molar-refractivity contribution in [2.45, 2.75) is 71.2 Å². The molecule has 0 unspecified atom stereocenters. The Morgan fingerprint density at radius 1 is 1.28 bits per heavy atom. The van der Waals surface area contributed by atoms with Crippen molar-refractivity contribution in [2.75, 3.05) is 19.0 Å². The molecule has 0 fully saturated rings. The van der Waals surface area contributed by atoms with E-state index in [0.717, 1.165) is 16.7 Å². The number of carbonyl (C=O) groups excluding carboxylic acids is 2. The quantitative estimate of drug-likeness (QED) is 0.251. The van der Waals surface area contributed by atoms with Crippen molar-refractivity contribution in [1.29, 1.82) is 5.41 Å². The number of nitrogens with zero attached hydrogens (tertiary/aromatic N) is 1. The number of rotatable bonds is 9. The molecule has 2 aromatic rings. The zero-order chi connectivity index (χ0) is 29.2. The molecule has 8 nitrogen and oxygen atoms in total. The molecule has 0 radical (unpaired) electrons. The fourth-order valence-corrected chi connectivity index (χ4v) is 5.64. The zero-order valence-corrected chi connectivity index (χ0v) is 24.8. The normalized spacial score (nSPS) is 18.0. The second kappa shape index (κ2) is 12.3. The molecule has 3 atom stereocenters. The van der Waals surface area contributed by atoms with Gasteiger partial charge in [-0.2, -0.15) is 0 Å². The Labute approximate surface area is 240 Å². The average molecular weight is 578 g/mol. The first kappa shape index (κ1) is 30.9. The summed E-state index contributed by atoms with van der Waals surface area (Å²) in [6.07, 6.45) is 0.262. The lowest BCUT2D eigenvalue weighted by Gasteiger charge is -2.43. The predicted molar refractivity (Wildman–Crippen MR) is 156 cm³/mol. The first-order valence-corrected chi connectivity index (χ1v) is 13.8. The third kappa shape index (κ3) is 6.57. The van der Waals surface area contributed by atoms with Gasteiger partial charge in [0.25, 0.3) is 0 Å². The Morgan fingerprint density at radius 3 is 2.51 bits per heavy atom. The third-order valence-corrected chi connectivity index (χ3v) is 7.88. The van der Waals surface area contributed by atoms with Crippen LogP contribution in [0, 0.1) is 11.3 Å². The molecule has 0 aromatic heterocycles. The summed E-state index contributed by atoms with van der Waals surface area (Å²) in [5.74, 6) is -0.895. The highest BCUT2D eigenvalue weighted by molar-refractivity contribution is 6.69. The fraction of sp³-hybridized carbons (Fsp3) is 0.483. The smallest absolute Gasteiger partial charge is 0.323 e. The van der Waals surface area contributed by atoms with Crippen molar-refractivity contribution in [3.63, 3.8) is 0 Å². The van der Waals surface area contributed by atoms with Crippen LogP contribution in [0.4, 0.5) is 5.69 Å². The maximum absolute atomic E-state index is 14.0. The maximum atomic E-state index is 14.0. The maximum Gasteiger partial charge on any atom is 0.323 e. The van der Waals surface area contributed by atoms with Crippen LogP contribution in [0.25, 0.3) is 0 Å². The van der Waals surface area contributed by atoms with E-state index in [1.54, 1.807) is 37.9 Å². The molecular formula is C29H38Cl2N4O4. The number of hydrogen-bond donors (Lipinski definition) is 4. The topological polar surface area (TPSA) is 129 Å². The van der Waals surface area contributed by atoms with Crippen LogP contribution < -0.4 is 11.1 Å². The number of ether oxygens (including phenoxy) is 1. The number of halogens is 2. The number of aliphatic hydroxyl groups is 1. The van der Waals surface area contributed by atoms with Crippen molar-refractivity contribution in [3.8, 4) is 0 Å². The molecule has 1 aliphatic rings. The molecule has 0 saturated heterocycles. The van der Waals surface area contributed by atoms with Crippen LogP contribution in [-0.2, 0) is 32.8 Å². The number of fused-ring (bicyclic) bond motifs is 1. The van der Waals surface area contributed by atoms with E-state index in [1.165, 1.54) is 0 Å². The van der Waals surface area contributed by atoms with Gasteiger partial charge >= 0.3 is 5.97 Å². The molecule has 10 heteroatoms. The largest absolute Gasteiger partial charge is 0.462 e. The highest BCUT2D eigenvalue weighted by Crippen LogP contribution is 2.39. The second-order valence-electron chi connectivity index (χ2n) is 10.9. The van der Waals surface area contributed by atoms with E-state index in [0.29, 0.717) is 28.3 Å². The summed E-state index contributed by atoms with van der Waals surface area (Å²) in [6.45, 7) is 8.98. The van der Waals surface area contributed by atoms with E-state index in [1.807, 2.05) is 39.0 Å². The minimum Gasteiger partial charge on any atom is -0.462 e. The van der Waals surface area contributed by atoms with Crippen LogP contribution in [0.2, 0.25) is 5.02 Å². The van der Waals surface area contributed by atoms with Crippen LogP contribution in [0.3, 0.4) is 0 Å². The molecule has 2 aromatic carbocycles. The molecule has 1 amide bonds. The SMILES string of the molecule is CNc1ccc(Cl)c(CC(=O)N2[C@@H](COC(=O)[C@@H](N)C(C)C)Cc3c(cccc3C(C)(C)O)[C@@H]2C)c1C(=N)Cl. The van der Waals surface area contributed by atoms with Gasteiger partial charge in [0.2, 0.25) is 5.91 Å². The Hall–Kier alpha value is -2.65. The van der Waals surface area contributed by atoms with E-state index in [4.69, 9.17) is 39.1 Å². The lowest BCUT2D eigenvalue weighted by atomic mass is 9.81. The fourth-order valence-electron chi connectivity index (χ4n) is 5.20. The van der Waals surface area contributed by atoms with E-state index in [2.05, 4.69) is 5.32 Å². The van der Waals surface area contributed by atoms with Crippen LogP contribution in [0.15, 0.2) is 30.3 Å². The van der Waals surface area contributed by atoms with Gasteiger partial charge in [-0.05, 0) is 67.5 Å². The molecule has 0 saturated carbocycles. The molecule has 39 heavy (non-hydrogen) atoms. The van der Waals surface area contributed by atoms with Gasteiger partial charge in [-0.1, -0.05) is 55.2 Å². The molecular weight excluding hydrogens is 539 g/mol. The van der Waals surface area contributed by atoms with Crippen LogP contribution in [-0.4, -0.2) is 52.8 Å². The van der Waals surface area contributed by atoms with Crippen molar-refractivity contribution >= 4 is 45.9 Å². The number of hydrogen-bond acceptors (Lipinski definition) is 7. The third-order valence-electron chi connectivity index (χ3n) is 7.34. The number of esters is 1. The van der Waals surface area contributed by atoms with Gasteiger partial charge in [-0.3, -0.25) is 15.0 Å².